The van der Waals surface area contributed by atoms with Crippen molar-refractivity contribution in [1.82, 2.24) is 15.5 Å². The second kappa shape index (κ2) is 12.6. The number of rotatable bonds is 8. The summed E-state index contributed by atoms with van der Waals surface area (Å²) in [5.74, 6) is 1.60. The summed E-state index contributed by atoms with van der Waals surface area (Å²) in [6.07, 6.45) is 1.63. The van der Waals surface area contributed by atoms with Crippen molar-refractivity contribution in [2.45, 2.75) is 50.5 Å². The minimum absolute atomic E-state index is 0.0535. The lowest BCUT2D eigenvalue weighted by atomic mass is 9.92. The van der Waals surface area contributed by atoms with Crippen LogP contribution in [-0.2, 0) is 10.5 Å². The largest absolute Gasteiger partial charge is 0.497 e. The number of benzene rings is 3. The summed E-state index contributed by atoms with van der Waals surface area (Å²) in [5.41, 5.74) is 7.38. The molecular weight excluding hydrogens is 559 g/mol. The number of hydrogen-bond acceptors (Lipinski definition) is 6. The maximum absolute atomic E-state index is 14.8. The van der Waals surface area contributed by atoms with E-state index in [0.29, 0.717) is 52.7 Å². The van der Waals surface area contributed by atoms with Gasteiger partial charge in [-0.3, -0.25) is 15.4 Å². The molecule has 1 amide bonds. The van der Waals surface area contributed by atoms with Gasteiger partial charge in [0.05, 0.1) is 25.3 Å². The Morgan fingerprint density at radius 1 is 0.951 bits per heavy atom. The van der Waals surface area contributed by atoms with Crippen LogP contribution in [0.1, 0.15) is 55.5 Å². The number of piperidine rings is 1. The van der Waals surface area contributed by atoms with Gasteiger partial charge in [-0.05, 0) is 86.7 Å². The molecule has 3 aromatic rings. The van der Waals surface area contributed by atoms with Gasteiger partial charge in [0.2, 0.25) is 0 Å². The molecule has 41 heavy (non-hydrogen) atoms. The highest BCUT2D eigenvalue weighted by Crippen LogP contribution is 2.45. The zero-order chi connectivity index (χ0) is 29.1. The normalized spacial score (nSPS) is 23.1. The van der Waals surface area contributed by atoms with Crippen molar-refractivity contribution in [1.29, 1.82) is 0 Å². The molecule has 2 saturated heterocycles. The van der Waals surface area contributed by atoms with Crippen LogP contribution in [0, 0.1) is 5.92 Å². The molecule has 0 aliphatic carbocycles. The summed E-state index contributed by atoms with van der Waals surface area (Å²) in [6.45, 7) is 5.85. The van der Waals surface area contributed by atoms with E-state index in [0.717, 1.165) is 24.0 Å². The second-order valence-electron chi connectivity index (χ2n) is 11.1. The van der Waals surface area contributed by atoms with E-state index in [9.17, 15) is 4.79 Å². The minimum Gasteiger partial charge on any atom is -0.497 e. The first-order valence-corrected chi connectivity index (χ1v) is 14.9. The molecular formula is C32H38Cl2N4O3. The molecule has 0 saturated carbocycles. The van der Waals surface area contributed by atoms with Gasteiger partial charge in [0, 0.05) is 34.8 Å². The molecule has 0 spiro atoms. The molecule has 5 rings (SSSR count). The van der Waals surface area contributed by atoms with Crippen molar-refractivity contribution < 1.29 is 14.3 Å². The van der Waals surface area contributed by atoms with E-state index in [2.05, 4.69) is 10.6 Å². The molecule has 0 radical (unpaired) electrons. The zero-order valence-electron chi connectivity index (χ0n) is 23.7. The van der Waals surface area contributed by atoms with E-state index in [4.69, 9.17) is 38.4 Å². The lowest BCUT2D eigenvalue weighted by Gasteiger charge is -2.39. The number of carbonyl (C=O) groups excluding carboxylic acids is 1. The first-order valence-electron chi connectivity index (χ1n) is 14.1. The predicted octanol–water partition coefficient (Wildman–Crippen LogP) is 5.81. The third-order valence-corrected chi connectivity index (χ3v) is 8.55. The molecule has 4 N–H and O–H groups in total. The maximum atomic E-state index is 14.8. The molecule has 0 aromatic heterocycles. The van der Waals surface area contributed by atoms with Crippen molar-refractivity contribution >= 4 is 29.1 Å². The Kier molecular flexibility index (Phi) is 9.12. The number of nitrogens with zero attached hydrogens (tertiary/aromatic N) is 1. The van der Waals surface area contributed by atoms with Crippen molar-refractivity contribution in [3.8, 4) is 11.5 Å². The number of methoxy groups -OCH3 is 1. The standard InChI is InChI=1S/C32H38Cl2N4O3/c1-20(2)41-28-18-26(40-3)12-13-27(28)32(31(39)38-16-14-21(19-35)15-17-38)36-29(22-4-8-24(33)9-5-22)30(37-32)23-6-10-25(34)11-7-23/h4-13,18,20-21,29-30,36-37H,14-17,19,35H2,1-3H3. The molecule has 7 nitrogen and oxygen atoms in total. The number of amides is 1. The number of nitrogens with one attached hydrogen (secondary N) is 2. The molecule has 0 bridgehead atoms. The molecule has 3 aromatic carbocycles. The fraction of sp³-hybridized carbons (Fsp3) is 0.406. The Hall–Kier alpha value is -2.81. The van der Waals surface area contributed by atoms with E-state index >= 15 is 0 Å². The Labute approximate surface area is 252 Å². The van der Waals surface area contributed by atoms with E-state index in [1.807, 2.05) is 85.5 Å². The van der Waals surface area contributed by atoms with Gasteiger partial charge in [-0.15, -0.1) is 0 Å². The lowest BCUT2D eigenvalue weighted by Crippen LogP contribution is -2.60. The van der Waals surface area contributed by atoms with Crippen LogP contribution in [0.15, 0.2) is 66.7 Å². The van der Waals surface area contributed by atoms with Crippen LogP contribution in [0.4, 0.5) is 0 Å². The molecule has 218 valence electrons. The summed E-state index contributed by atoms with van der Waals surface area (Å²) in [5, 5.41) is 8.84. The van der Waals surface area contributed by atoms with Crippen LogP contribution in [0.2, 0.25) is 10.0 Å². The van der Waals surface area contributed by atoms with Crippen LogP contribution < -0.4 is 25.8 Å². The number of likely N-dealkylation sites (tertiary alicyclic amines) is 1. The number of nitrogens with two attached hydrogens (primary N) is 1. The Morgan fingerprint density at radius 2 is 1.49 bits per heavy atom. The lowest BCUT2D eigenvalue weighted by molar-refractivity contribution is -0.141. The zero-order valence-corrected chi connectivity index (χ0v) is 25.2. The number of carbonyl (C=O) groups is 1. The monoisotopic (exact) mass is 596 g/mol. The third kappa shape index (κ3) is 6.20. The van der Waals surface area contributed by atoms with E-state index in [1.165, 1.54) is 0 Å². The first kappa shape index (κ1) is 29.7. The van der Waals surface area contributed by atoms with Crippen LogP contribution in [0.5, 0.6) is 11.5 Å². The van der Waals surface area contributed by atoms with Crippen LogP contribution in [0.3, 0.4) is 0 Å². The quantitative estimate of drug-likeness (QED) is 0.304. The summed E-state index contributed by atoms with van der Waals surface area (Å²) < 4.78 is 11.9. The Morgan fingerprint density at radius 3 is 1.95 bits per heavy atom. The third-order valence-electron chi connectivity index (χ3n) is 8.05. The maximum Gasteiger partial charge on any atom is 0.262 e. The van der Waals surface area contributed by atoms with Gasteiger partial charge in [-0.1, -0.05) is 47.5 Å². The average molecular weight is 598 g/mol. The summed E-state index contributed by atoms with van der Waals surface area (Å²) in [4.78, 5) is 16.8. The van der Waals surface area contributed by atoms with Crippen molar-refractivity contribution in [2.24, 2.45) is 11.7 Å². The van der Waals surface area contributed by atoms with Gasteiger partial charge < -0.3 is 20.1 Å². The summed E-state index contributed by atoms with van der Waals surface area (Å²) >= 11 is 12.5. The van der Waals surface area contributed by atoms with Gasteiger partial charge >= 0.3 is 0 Å². The number of halogens is 2. The minimum atomic E-state index is -1.29. The van der Waals surface area contributed by atoms with Crippen LogP contribution >= 0.6 is 23.2 Å². The van der Waals surface area contributed by atoms with Gasteiger partial charge in [-0.25, -0.2) is 0 Å². The molecule has 2 aliphatic rings. The van der Waals surface area contributed by atoms with Crippen molar-refractivity contribution in [3.63, 3.8) is 0 Å². The molecule has 9 heteroatoms. The van der Waals surface area contributed by atoms with Crippen LogP contribution in [0.25, 0.3) is 0 Å². The van der Waals surface area contributed by atoms with Gasteiger partial charge in [0.15, 0.2) is 5.66 Å². The van der Waals surface area contributed by atoms with E-state index < -0.39 is 5.66 Å². The topological polar surface area (TPSA) is 88.9 Å². The van der Waals surface area contributed by atoms with Gasteiger partial charge in [0.25, 0.3) is 5.91 Å². The van der Waals surface area contributed by atoms with Crippen molar-refractivity contribution in [2.75, 3.05) is 26.7 Å². The van der Waals surface area contributed by atoms with Gasteiger partial charge in [0.1, 0.15) is 11.5 Å². The van der Waals surface area contributed by atoms with Crippen molar-refractivity contribution in [3.05, 3.63) is 93.5 Å². The van der Waals surface area contributed by atoms with E-state index in [-0.39, 0.29) is 24.1 Å². The summed E-state index contributed by atoms with van der Waals surface area (Å²) in [7, 11) is 1.62. The Bertz CT molecular complexity index is 1290. The molecule has 2 unspecified atom stereocenters. The predicted molar refractivity (Wildman–Crippen MR) is 163 cm³/mol. The number of hydrogen-bond donors (Lipinski definition) is 3. The Balaban J connectivity index is 1.66. The fourth-order valence-electron chi connectivity index (χ4n) is 5.86. The van der Waals surface area contributed by atoms with Crippen LogP contribution in [-0.4, -0.2) is 43.7 Å². The highest BCUT2D eigenvalue weighted by Gasteiger charge is 2.54. The SMILES string of the molecule is COc1ccc(C2(C(=O)N3CCC(CN)CC3)NC(c3ccc(Cl)cc3)C(c3ccc(Cl)cc3)N2)c(OC(C)C)c1. The molecule has 2 atom stereocenters. The average Bonchev–Trinajstić information content (AvgIpc) is 3.39. The van der Waals surface area contributed by atoms with Gasteiger partial charge in [-0.2, -0.15) is 0 Å². The fourth-order valence-corrected chi connectivity index (χ4v) is 6.11. The molecule has 2 aliphatic heterocycles. The molecule has 2 fully saturated rings. The second-order valence-corrected chi connectivity index (χ2v) is 12.0. The van der Waals surface area contributed by atoms with E-state index in [1.54, 1.807) is 7.11 Å². The summed E-state index contributed by atoms with van der Waals surface area (Å²) in [6, 6.07) is 20.6. The number of ether oxygens (including phenoxy) is 2. The first-order chi connectivity index (χ1) is 19.7. The molecule has 2 heterocycles. The highest BCUT2D eigenvalue weighted by atomic mass is 35.5. The smallest absolute Gasteiger partial charge is 0.262 e. The highest BCUT2D eigenvalue weighted by molar-refractivity contribution is 6.30.